The monoisotopic (exact) mass is 654 g/mol. The van der Waals surface area contributed by atoms with Crippen LogP contribution in [0, 0.1) is 13.8 Å². The minimum atomic E-state index is -4.05. The number of nitrogens with zero attached hydrogens (tertiary/aromatic N) is 3. The van der Waals surface area contributed by atoms with E-state index < -0.39 is 10.1 Å². The maximum atomic E-state index is 11.5. The summed E-state index contributed by atoms with van der Waals surface area (Å²) in [4.78, 5) is 2.11. The van der Waals surface area contributed by atoms with Crippen LogP contribution in [0.2, 0.25) is 0 Å². The maximum Gasteiger partial charge on any atom is 0.264 e. The van der Waals surface area contributed by atoms with Gasteiger partial charge in [0.25, 0.3) is 10.1 Å². The molecule has 0 spiro atoms. The van der Waals surface area contributed by atoms with Crippen LogP contribution in [0.3, 0.4) is 0 Å². The maximum absolute atomic E-state index is 11.5. The number of fused-ring (bicyclic) bond motifs is 1. The van der Waals surface area contributed by atoms with Crippen LogP contribution in [0.25, 0.3) is 34.5 Å². The molecule has 6 nitrogen and oxygen atoms in total. The molecule has 6 rings (SSSR count). The minimum Gasteiger partial charge on any atom is -0.341 e. The molecular formula is C41H40N3O3S+. The molecule has 0 radical (unpaired) electrons. The molecule has 0 atom stereocenters. The van der Waals surface area contributed by atoms with E-state index in [1.54, 1.807) is 0 Å². The highest BCUT2D eigenvalue weighted by Crippen LogP contribution is 2.32. The van der Waals surface area contributed by atoms with Gasteiger partial charge in [0.15, 0.2) is 0 Å². The lowest BCUT2D eigenvalue weighted by atomic mass is 10.00. The highest BCUT2D eigenvalue weighted by atomic mass is 32.2. The Labute approximate surface area is 284 Å². The molecule has 242 valence electrons. The molecule has 5 aromatic rings. The van der Waals surface area contributed by atoms with Gasteiger partial charge >= 0.3 is 0 Å². The Kier molecular flexibility index (Phi) is 9.71. The third-order valence-electron chi connectivity index (χ3n) is 8.52. The fourth-order valence-corrected chi connectivity index (χ4v) is 6.48. The molecule has 1 aliphatic heterocycles. The van der Waals surface area contributed by atoms with Gasteiger partial charge in [-0.1, -0.05) is 101 Å². The lowest BCUT2D eigenvalue weighted by Crippen LogP contribution is -2.55. The molecule has 1 aliphatic rings. The molecule has 0 unspecified atom stereocenters. The largest absolute Gasteiger partial charge is 0.341 e. The summed E-state index contributed by atoms with van der Waals surface area (Å²) in [5.41, 5.74) is 11.8. The molecular weight excluding hydrogens is 615 g/mol. The molecule has 1 aromatic heterocycles. The zero-order valence-electron chi connectivity index (χ0n) is 27.5. The first-order valence-electron chi connectivity index (χ1n) is 16.1. The highest BCUT2D eigenvalue weighted by molar-refractivity contribution is 7.85. The summed E-state index contributed by atoms with van der Waals surface area (Å²) in [6, 6.07) is 40.1. The number of para-hydroxylation sites is 2. The summed E-state index contributed by atoms with van der Waals surface area (Å²) >= 11 is 0. The van der Waals surface area contributed by atoms with Gasteiger partial charge in [-0.05, 0) is 79.4 Å². The van der Waals surface area contributed by atoms with Gasteiger partial charge in [0.1, 0.15) is 0 Å². The fraction of sp³-hybridized carbons (Fsp3) is 0.146. The van der Waals surface area contributed by atoms with Crippen molar-refractivity contribution in [1.82, 2.24) is 0 Å². The van der Waals surface area contributed by atoms with Gasteiger partial charge in [-0.3, -0.25) is 4.55 Å². The zero-order chi connectivity index (χ0) is 33.7. The van der Waals surface area contributed by atoms with Crippen molar-refractivity contribution in [2.45, 2.75) is 20.3 Å². The van der Waals surface area contributed by atoms with Gasteiger partial charge in [-0.2, -0.15) is 13.4 Å². The van der Waals surface area contributed by atoms with Crippen LogP contribution in [-0.4, -0.2) is 32.3 Å². The predicted octanol–water partition coefficient (Wildman–Crippen LogP) is 8.53. The normalized spacial score (nSPS) is 13.7. The number of pyridine rings is 1. The Morgan fingerprint density at radius 1 is 0.771 bits per heavy atom. The number of rotatable bonds is 10. The molecule has 0 saturated carbocycles. The van der Waals surface area contributed by atoms with Gasteiger partial charge in [-0.25, -0.2) is 0 Å². The summed E-state index contributed by atoms with van der Waals surface area (Å²) in [5.74, 6) is -0.294. The van der Waals surface area contributed by atoms with E-state index in [1.165, 1.54) is 11.1 Å². The van der Waals surface area contributed by atoms with E-state index in [-0.39, 0.29) is 5.75 Å². The number of hydrogen-bond donors (Lipinski definition) is 1. The van der Waals surface area contributed by atoms with Crippen molar-refractivity contribution in [2.24, 2.45) is 0 Å². The first-order valence-corrected chi connectivity index (χ1v) is 17.7. The number of benzene rings is 4. The summed E-state index contributed by atoms with van der Waals surface area (Å²) < 4.78 is 34.6. The van der Waals surface area contributed by atoms with Crippen LogP contribution in [0.15, 0.2) is 139 Å². The number of allylic oxidation sites excluding steroid dienone is 3. The van der Waals surface area contributed by atoms with E-state index in [2.05, 4.69) is 127 Å². The summed E-state index contributed by atoms with van der Waals surface area (Å²) in [5, 5.41) is 2.17. The molecule has 48 heavy (non-hydrogen) atoms. The van der Waals surface area contributed by atoms with Crippen molar-refractivity contribution in [1.29, 1.82) is 0 Å². The van der Waals surface area contributed by atoms with Gasteiger partial charge in [-0.15, -0.1) is 0 Å². The lowest BCUT2D eigenvalue weighted by molar-refractivity contribution is -0.672. The van der Waals surface area contributed by atoms with Crippen LogP contribution in [-0.2, 0) is 10.1 Å². The highest BCUT2D eigenvalue weighted by Gasteiger charge is 2.25. The van der Waals surface area contributed by atoms with Crippen LogP contribution in [0.5, 0.6) is 0 Å². The average Bonchev–Trinajstić information content (AvgIpc) is 3.09. The number of aryl methyl sites for hydroxylation is 2. The van der Waals surface area contributed by atoms with Crippen LogP contribution in [0.4, 0.5) is 11.4 Å². The van der Waals surface area contributed by atoms with Crippen molar-refractivity contribution in [2.75, 3.05) is 29.3 Å². The summed E-state index contributed by atoms with van der Waals surface area (Å²) in [7, 11) is -1.98. The van der Waals surface area contributed by atoms with Crippen molar-refractivity contribution >= 4 is 33.6 Å². The first kappa shape index (κ1) is 32.7. The molecule has 4 aromatic carbocycles. The van der Waals surface area contributed by atoms with Crippen molar-refractivity contribution in [3.05, 3.63) is 162 Å². The second-order valence-corrected chi connectivity index (χ2v) is 13.7. The van der Waals surface area contributed by atoms with Crippen LogP contribution in [0.1, 0.15) is 28.8 Å². The third-order valence-corrected chi connectivity index (χ3v) is 9.33. The second kappa shape index (κ2) is 14.3. The van der Waals surface area contributed by atoms with E-state index in [0.717, 1.165) is 50.7 Å². The molecule has 0 bridgehead atoms. The Hall–Kier alpha value is -5.24. The van der Waals surface area contributed by atoms with Gasteiger partial charge in [0, 0.05) is 41.7 Å². The Bertz CT molecular complexity index is 2100. The van der Waals surface area contributed by atoms with E-state index in [4.69, 9.17) is 0 Å². The lowest BCUT2D eigenvalue weighted by Gasteiger charge is -2.30. The fourth-order valence-electron chi connectivity index (χ4n) is 5.99. The first-order chi connectivity index (χ1) is 23.2. The molecule has 7 heteroatoms. The molecule has 0 fully saturated rings. The Morgan fingerprint density at radius 2 is 1.42 bits per heavy atom. The van der Waals surface area contributed by atoms with Gasteiger partial charge in [0.05, 0.1) is 18.5 Å². The van der Waals surface area contributed by atoms with Crippen LogP contribution < -0.4 is 14.6 Å². The molecule has 0 amide bonds. The van der Waals surface area contributed by atoms with E-state index >= 15 is 0 Å². The number of anilines is 2. The SMILES string of the molecule is Cc1ccc(-c2cc(C=CC=C3C=Cc4ccccc4N3CCCS(=O)(=O)O)[n+](N(C)c3ccccc3)c(-c3ccc(C)cc3)c2)cc1. The average molecular weight is 655 g/mol. The minimum absolute atomic E-state index is 0.294. The standard InChI is InChI=1S/C41H39N3O3S/c1-31-17-21-33(22-18-31)36-29-39(44(42(3)37-12-5-4-6-13-37)41(30-36)35-23-19-32(2)20-24-35)15-9-14-38-26-25-34-11-7-8-16-40(34)43(38)27-10-28-48(45,46)47/h4-9,11-26,29-30H,10,27-28H2,1-3H3/p+1. The summed E-state index contributed by atoms with van der Waals surface area (Å²) in [6.07, 6.45) is 10.6. The van der Waals surface area contributed by atoms with Crippen LogP contribution >= 0.6 is 0 Å². The zero-order valence-corrected chi connectivity index (χ0v) is 28.3. The molecule has 0 aliphatic carbocycles. The third kappa shape index (κ3) is 7.65. The Balaban J connectivity index is 1.48. The predicted molar refractivity (Wildman–Crippen MR) is 198 cm³/mol. The van der Waals surface area contributed by atoms with Crippen molar-refractivity contribution < 1.29 is 17.6 Å². The van der Waals surface area contributed by atoms with Crippen molar-refractivity contribution in [3.63, 3.8) is 0 Å². The number of aromatic nitrogens is 1. The number of hydrogen-bond acceptors (Lipinski definition) is 4. The smallest absolute Gasteiger partial charge is 0.264 e. The molecule has 0 saturated heterocycles. The van der Waals surface area contributed by atoms with Gasteiger partial charge in [0.2, 0.25) is 11.4 Å². The van der Waals surface area contributed by atoms with E-state index in [0.29, 0.717) is 13.0 Å². The molecule has 2 heterocycles. The second-order valence-electron chi connectivity index (χ2n) is 12.1. The summed E-state index contributed by atoms with van der Waals surface area (Å²) in [6.45, 7) is 4.64. The quantitative estimate of drug-likeness (QED) is 0.121. The van der Waals surface area contributed by atoms with E-state index in [1.807, 2.05) is 54.6 Å². The topological polar surface area (TPSA) is 64.7 Å². The van der Waals surface area contributed by atoms with Gasteiger partial charge < -0.3 is 4.90 Å². The van der Waals surface area contributed by atoms with Crippen molar-refractivity contribution in [3.8, 4) is 22.4 Å². The Morgan fingerprint density at radius 3 is 2.10 bits per heavy atom. The molecule has 1 N–H and O–H groups in total. The van der Waals surface area contributed by atoms with E-state index in [9.17, 15) is 13.0 Å².